The van der Waals surface area contributed by atoms with Crippen molar-refractivity contribution in [2.45, 2.75) is 32.9 Å². The van der Waals surface area contributed by atoms with Crippen LogP contribution in [-0.2, 0) is 6.54 Å². The number of carbonyl (C=O) groups is 1. The molecular weight excluding hydrogens is 256 g/mol. The van der Waals surface area contributed by atoms with Crippen LogP contribution in [0.25, 0.3) is 0 Å². The first kappa shape index (κ1) is 15.0. The summed E-state index contributed by atoms with van der Waals surface area (Å²) in [4.78, 5) is 16.5. The number of rotatable bonds is 5. The summed E-state index contributed by atoms with van der Waals surface area (Å²) in [5.41, 5.74) is 0.662. The predicted molar refractivity (Wildman–Crippen MR) is 76.5 cm³/mol. The van der Waals surface area contributed by atoms with E-state index in [4.69, 9.17) is 0 Å². The third-order valence-electron chi connectivity index (χ3n) is 4.00. The Bertz CT molecular complexity index is 434. The van der Waals surface area contributed by atoms with Crippen LogP contribution in [0.2, 0.25) is 0 Å². The Morgan fingerprint density at radius 3 is 2.55 bits per heavy atom. The SMILES string of the molecule is CCC(CO)N1CCN(C(=O)c2cnn(CC)c2)CC1. The van der Waals surface area contributed by atoms with E-state index in [1.807, 2.05) is 11.8 Å². The molecule has 1 aliphatic rings. The van der Waals surface area contributed by atoms with E-state index in [1.165, 1.54) is 0 Å². The lowest BCUT2D eigenvalue weighted by Gasteiger charge is -2.38. The van der Waals surface area contributed by atoms with Gasteiger partial charge in [0.15, 0.2) is 0 Å². The van der Waals surface area contributed by atoms with Crippen molar-refractivity contribution in [2.75, 3.05) is 32.8 Å². The molecule has 1 amide bonds. The van der Waals surface area contributed by atoms with Crippen molar-refractivity contribution in [3.63, 3.8) is 0 Å². The minimum absolute atomic E-state index is 0.0568. The van der Waals surface area contributed by atoms with Crippen LogP contribution < -0.4 is 0 Å². The fraction of sp³-hybridized carbons (Fsp3) is 0.714. The fourth-order valence-corrected chi connectivity index (χ4v) is 2.62. The third kappa shape index (κ3) is 3.19. The smallest absolute Gasteiger partial charge is 0.257 e. The van der Waals surface area contributed by atoms with Crippen LogP contribution in [0.3, 0.4) is 0 Å². The maximum absolute atomic E-state index is 12.3. The topological polar surface area (TPSA) is 61.6 Å². The molecule has 6 nitrogen and oxygen atoms in total. The molecule has 6 heteroatoms. The summed E-state index contributed by atoms with van der Waals surface area (Å²) in [6.07, 6.45) is 4.38. The van der Waals surface area contributed by atoms with Crippen molar-refractivity contribution in [3.05, 3.63) is 18.0 Å². The number of amides is 1. The molecule has 1 fully saturated rings. The molecule has 1 aliphatic heterocycles. The molecule has 2 heterocycles. The van der Waals surface area contributed by atoms with Gasteiger partial charge in [-0.1, -0.05) is 6.92 Å². The average Bonchev–Trinajstić information content (AvgIpc) is 2.97. The predicted octanol–water partition coefficient (Wildman–Crippen LogP) is 0.432. The normalized spacial score (nSPS) is 18.2. The molecule has 1 unspecified atom stereocenters. The largest absolute Gasteiger partial charge is 0.395 e. The van der Waals surface area contributed by atoms with E-state index in [0.717, 1.165) is 26.1 Å². The lowest BCUT2D eigenvalue weighted by molar-refractivity contribution is 0.0472. The molecule has 0 aromatic carbocycles. The molecule has 1 aromatic heterocycles. The quantitative estimate of drug-likeness (QED) is 0.850. The van der Waals surface area contributed by atoms with Gasteiger partial charge in [0.2, 0.25) is 0 Å². The van der Waals surface area contributed by atoms with Gasteiger partial charge in [-0.3, -0.25) is 14.4 Å². The summed E-state index contributed by atoms with van der Waals surface area (Å²) in [5.74, 6) is 0.0568. The number of aromatic nitrogens is 2. The molecule has 0 saturated carbocycles. The van der Waals surface area contributed by atoms with E-state index in [9.17, 15) is 9.90 Å². The van der Waals surface area contributed by atoms with Gasteiger partial charge in [0.1, 0.15) is 0 Å². The van der Waals surface area contributed by atoms with Crippen molar-refractivity contribution in [3.8, 4) is 0 Å². The van der Waals surface area contributed by atoms with E-state index in [-0.39, 0.29) is 18.6 Å². The van der Waals surface area contributed by atoms with Crippen LogP contribution in [0.1, 0.15) is 30.6 Å². The Morgan fingerprint density at radius 2 is 2.05 bits per heavy atom. The first-order chi connectivity index (χ1) is 9.69. The van der Waals surface area contributed by atoms with Gasteiger partial charge in [-0.25, -0.2) is 0 Å². The van der Waals surface area contributed by atoms with E-state index in [0.29, 0.717) is 18.7 Å². The minimum Gasteiger partial charge on any atom is -0.395 e. The van der Waals surface area contributed by atoms with Gasteiger partial charge in [-0.15, -0.1) is 0 Å². The van der Waals surface area contributed by atoms with Crippen molar-refractivity contribution in [2.24, 2.45) is 0 Å². The average molecular weight is 280 g/mol. The number of hydrogen-bond acceptors (Lipinski definition) is 4. The Morgan fingerprint density at radius 1 is 1.35 bits per heavy atom. The summed E-state index contributed by atoms with van der Waals surface area (Å²) in [7, 11) is 0. The number of piperazine rings is 1. The zero-order chi connectivity index (χ0) is 14.5. The second kappa shape index (κ2) is 6.85. The summed E-state index contributed by atoms with van der Waals surface area (Å²) in [6, 6.07) is 0.218. The summed E-state index contributed by atoms with van der Waals surface area (Å²) in [6.45, 7) is 8.12. The van der Waals surface area contributed by atoms with Gasteiger partial charge in [0, 0.05) is 45.0 Å². The molecule has 0 bridgehead atoms. The second-order valence-electron chi connectivity index (χ2n) is 5.16. The molecule has 0 aliphatic carbocycles. The lowest BCUT2D eigenvalue weighted by atomic mass is 10.1. The fourth-order valence-electron chi connectivity index (χ4n) is 2.62. The first-order valence-corrected chi connectivity index (χ1v) is 7.36. The number of aryl methyl sites for hydroxylation is 1. The maximum atomic E-state index is 12.3. The molecule has 0 radical (unpaired) electrons. The highest BCUT2D eigenvalue weighted by atomic mass is 16.3. The van der Waals surface area contributed by atoms with Crippen molar-refractivity contribution < 1.29 is 9.90 Å². The van der Waals surface area contributed by atoms with Crippen LogP contribution in [0.4, 0.5) is 0 Å². The number of hydrogen-bond donors (Lipinski definition) is 1. The number of aliphatic hydroxyl groups is 1. The monoisotopic (exact) mass is 280 g/mol. The molecule has 2 rings (SSSR count). The number of nitrogens with zero attached hydrogens (tertiary/aromatic N) is 4. The second-order valence-corrected chi connectivity index (χ2v) is 5.16. The van der Waals surface area contributed by atoms with Crippen LogP contribution in [0, 0.1) is 0 Å². The van der Waals surface area contributed by atoms with E-state index >= 15 is 0 Å². The van der Waals surface area contributed by atoms with Crippen molar-refractivity contribution >= 4 is 5.91 Å². The van der Waals surface area contributed by atoms with E-state index in [1.54, 1.807) is 17.1 Å². The van der Waals surface area contributed by atoms with Gasteiger partial charge in [0.25, 0.3) is 5.91 Å². The minimum atomic E-state index is 0.0568. The first-order valence-electron chi connectivity index (χ1n) is 7.36. The summed E-state index contributed by atoms with van der Waals surface area (Å²) >= 11 is 0. The maximum Gasteiger partial charge on any atom is 0.257 e. The van der Waals surface area contributed by atoms with Crippen LogP contribution in [0.15, 0.2) is 12.4 Å². The van der Waals surface area contributed by atoms with E-state index in [2.05, 4.69) is 16.9 Å². The Balaban J connectivity index is 1.91. The zero-order valence-electron chi connectivity index (χ0n) is 12.3. The molecule has 1 atom stereocenters. The highest BCUT2D eigenvalue weighted by molar-refractivity contribution is 5.93. The van der Waals surface area contributed by atoms with Gasteiger partial charge >= 0.3 is 0 Å². The molecule has 20 heavy (non-hydrogen) atoms. The van der Waals surface area contributed by atoms with Gasteiger partial charge < -0.3 is 10.0 Å². The molecule has 1 aromatic rings. The van der Waals surface area contributed by atoms with E-state index < -0.39 is 0 Å². The molecular formula is C14H24N4O2. The van der Waals surface area contributed by atoms with Crippen molar-refractivity contribution in [1.82, 2.24) is 19.6 Å². The standard InChI is InChI=1S/C14H24N4O2/c1-3-13(11-19)16-5-7-17(8-6-16)14(20)12-9-15-18(4-2)10-12/h9-10,13,19H,3-8,11H2,1-2H3. The van der Waals surface area contributed by atoms with Gasteiger partial charge in [-0.2, -0.15) is 5.10 Å². The van der Waals surface area contributed by atoms with Crippen LogP contribution >= 0.6 is 0 Å². The Labute approximate surface area is 120 Å². The highest BCUT2D eigenvalue weighted by Gasteiger charge is 2.26. The van der Waals surface area contributed by atoms with Crippen LogP contribution in [0.5, 0.6) is 0 Å². The zero-order valence-corrected chi connectivity index (χ0v) is 12.3. The van der Waals surface area contributed by atoms with Gasteiger partial charge in [-0.05, 0) is 13.3 Å². The Hall–Kier alpha value is -1.40. The number of carbonyl (C=O) groups excluding carboxylic acids is 1. The third-order valence-corrected chi connectivity index (χ3v) is 4.00. The van der Waals surface area contributed by atoms with Crippen LogP contribution in [-0.4, -0.2) is 69.4 Å². The van der Waals surface area contributed by atoms with Crippen molar-refractivity contribution in [1.29, 1.82) is 0 Å². The molecule has 1 saturated heterocycles. The van der Waals surface area contributed by atoms with Gasteiger partial charge in [0.05, 0.1) is 18.4 Å². The molecule has 112 valence electrons. The number of aliphatic hydroxyl groups excluding tert-OH is 1. The lowest BCUT2D eigenvalue weighted by Crippen LogP contribution is -2.52. The highest BCUT2D eigenvalue weighted by Crippen LogP contribution is 2.12. The summed E-state index contributed by atoms with van der Waals surface area (Å²) in [5, 5.41) is 13.5. The molecule has 1 N–H and O–H groups in total. The molecule has 0 spiro atoms. The summed E-state index contributed by atoms with van der Waals surface area (Å²) < 4.78 is 1.77. The Kier molecular flexibility index (Phi) is 5.14.